The minimum absolute atomic E-state index is 0.318. The number of thiophene rings is 1. The maximum atomic E-state index is 11.1. The molecule has 1 aliphatic heterocycles. The number of hydrogen-bond donors (Lipinski definition) is 1. The third-order valence-electron chi connectivity index (χ3n) is 3.55. The Balaban J connectivity index is 1.73. The van der Waals surface area contributed by atoms with Crippen LogP contribution in [0.5, 0.6) is 0 Å². The lowest BCUT2D eigenvalue weighted by Gasteiger charge is -2.20. The number of carboxylic acids is 1. The van der Waals surface area contributed by atoms with Crippen molar-refractivity contribution in [1.82, 2.24) is 4.90 Å². The van der Waals surface area contributed by atoms with E-state index in [1.165, 1.54) is 15.0 Å². The van der Waals surface area contributed by atoms with Crippen molar-refractivity contribution in [3.05, 3.63) is 35.2 Å². The van der Waals surface area contributed by atoms with Gasteiger partial charge >= 0.3 is 5.97 Å². The third kappa shape index (κ3) is 3.00. The van der Waals surface area contributed by atoms with Gasteiger partial charge in [-0.3, -0.25) is 9.69 Å². The summed E-state index contributed by atoms with van der Waals surface area (Å²) in [6, 6.07) is 10.5. The van der Waals surface area contributed by atoms with Crippen molar-refractivity contribution in [1.29, 1.82) is 0 Å². The molecule has 1 saturated heterocycles. The Morgan fingerprint density at radius 2 is 2.30 bits per heavy atom. The molecule has 0 bridgehead atoms. The number of benzene rings is 1. The van der Waals surface area contributed by atoms with Crippen LogP contribution < -0.4 is 0 Å². The van der Waals surface area contributed by atoms with Crippen LogP contribution in [0.25, 0.3) is 10.1 Å². The van der Waals surface area contributed by atoms with Gasteiger partial charge in [0, 0.05) is 29.2 Å². The van der Waals surface area contributed by atoms with Crippen molar-refractivity contribution in [2.45, 2.75) is 6.54 Å². The van der Waals surface area contributed by atoms with E-state index in [4.69, 9.17) is 9.84 Å². The molecule has 0 saturated carbocycles. The molecule has 1 atom stereocenters. The van der Waals surface area contributed by atoms with Crippen LogP contribution in [0.2, 0.25) is 0 Å². The topological polar surface area (TPSA) is 49.8 Å². The minimum Gasteiger partial charge on any atom is -0.481 e. The number of nitrogens with zero attached hydrogens (tertiary/aromatic N) is 1. The molecule has 1 aliphatic rings. The molecule has 1 aromatic carbocycles. The highest BCUT2D eigenvalue weighted by molar-refractivity contribution is 7.19. The molecule has 2 heterocycles. The van der Waals surface area contributed by atoms with Gasteiger partial charge in [-0.2, -0.15) is 0 Å². The van der Waals surface area contributed by atoms with Gasteiger partial charge in [0.2, 0.25) is 0 Å². The first-order valence-corrected chi connectivity index (χ1v) is 7.54. The molecule has 0 radical (unpaired) electrons. The highest BCUT2D eigenvalue weighted by Crippen LogP contribution is 2.26. The summed E-state index contributed by atoms with van der Waals surface area (Å²) >= 11 is 1.78. The number of aliphatic carboxylic acids is 1. The number of carboxylic acid groups (broad SMARTS) is 1. The van der Waals surface area contributed by atoms with E-state index in [2.05, 4.69) is 23.1 Å². The molecular weight excluding hydrogens is 274 g/mol. The van der Waals surface area contributed by atoms with Crippen molar-refractivity contribution in [3.63, 3.8) is 0 Å². The van der Waals surface area contributed by atoms with E-state index in [1.54, 1.807) is 11.3 Å². The SMILES string of the molecule is O=C(O)C1COCCN(Cc2cc3ccccc3s2)C1. The molecule has 0 aliphatic carbocycles. The Morgan fingerprint density at radius 3 is 3.10 bits per heavy atom. The van der Waals surface area contributed by atoms with Gasteiger partial charge < -0.3 is 9.84 Å². The summed E-state index contributed by atoms with van der Waals surface area (Å²) in [5, 5.41) is 10.4. The Labute approximate surface area is 121 Å². The monoisotopic (exact) mass is 291 g/mol. The number of rotatable bonds is 3. The van der Waals surface area contributed by atoms with E-state index >= 15 is 0 Å². The van der Waals surface area contributed by atoms with Crippen LogP contribution in [-0.4, -0.2) is 42.3 Å². The van der Waals surface area contributed by atoms with Crippen LogP contribution in [-0.2, 0) is 16.1 Å². The number of fused-ring (bicyclic) bond motifs is 1. The summed E-state index contributed by atoms with van der Waals surface area (Å²) in [7, 11) is 0. The second-order valence-corrected chi connectivity index (χ2v) is 6.26. The maximum Gasteiger partial charge on any atom is 0.310 e. The van der Waals surface area contributed by atoms with E-state index in [0.29, 0.717) is 19.8 Å². The van der Waals surface area contributed by atoms with Crippen molar-refractivity contribution in [3.8, 4) is 0 Å². The van der Waals surface area contributed by atoms with Gasteiger partial charge in [-0.25, -0.2) is 0 Å². The summed E-state index contributed by atoms with van der Waals surface area (Å²) in [5.41, 5.74) is 0. The molecule has 3 rings (SSSR count). The molecule has 106 valence electrons. The maximum absolute atomic E-state index is 11.1. The van der Waals surface area contributed by atoms with Gasteiger partial charge in [-0.1, -0.05) is 18.2 Å². The zero-order valence-electron chi connectivity index (χ0n) is 11.1. The lowest BCUT2D eigenvalue weighted by molar-refractivity contribution is -0.143. The normalized spacial score (nSPS) is 20.9. The summed E-state index contributed by atoms with van der Waals surface area (Å²) in [6.45, 7) is 3.07. The highest BCUT2D eigenvalue weighted by atomic mass is 32.1. The van der Waals surface area contributed by atoms with Gasteiger partial charge in [0.1, 0.15) is 0 Å². The Kier molecular flexibility index (Phi) is 4.00. The van der Waals surface area contributed by atoms with E-state index < -0.39 is 11.9 Å². The zero-order valence-corrected chi connectivity index (χ0v) is 11.9. The lowest BCUT2D eigenvalue weighted by Crippen LogP contribution is -2.32. The van der Waals surface area contributed by atoms with Crippen molar-refractivity contribution in [2.24, 2.45) is 5.92 Å². The molecule has 2 aromatic rings. The van der Waals surface area contributed by atoms with Crippen LogP contribution in [0.3, 0.4) is 0 Å². The predicted molar refractivity (Wildman–Crippen MR) is 79.0 cm³/mol. The minimum atomic E-state index is -0.770. The summed E-state index contributed by atoms with van der Waals surface area (Å²) in [4.78, 5) is 14.6. The molecular formula is C15H17NO3S. The van der Waals surface area contributed by atoms with Crippen LogP contribution in [0.1, 0.15) is 4.88 Å². The molecule has 1 N–H and O–H groups in total. The number of carbonyl (C=O) groups is 1. The largest absolute Gasteiger partial charge is 0.481 e. The van der Waals surface area contributed by atoms with E-state index in [1.807, 2.05) is 12.1 Å². The van der Waals surface area contributed by atoms with Gasteiger partial charge in [0.15, 0.2) is 0 Å². The molecule has 1 fully saturated rings. The molecule has 20 heavy (non-hydrogen) atoms. The summed E-state index contributed by atoms with van der Waals surface area (Å²) < 4.78 is 6.66. The molecule has 1 aromatic heterocycles. The predicted octanol–water partition coefficient (Wildman–Crippen LogP) is 2.43. The van der Waals surface area contributed by atoms with Crippen LogP contribution in [0, 0.1) is 5.92 Å². The number of ether oxygens (including phenoxy) is 1. The molecule has 4 nitrogen and oxygen atoms in total. The van der Waals surface area contributed by atoms with E-state index in [-0.39, 0.29) is 0 Å². The number of hydrogen-bond acceptors (Lipinski definition) is 4. The zero-order chi connectivity index (χ0) is 13.9. The van der Waals surface area contributed by atoms with Crippen molar-refractivity contribution >= 4 is 27.4 Å². The van der Waals surface area contributed by atoms with Crippen molar-refractivity contribution < 1.29 is 14.6 Å². The van der Waals surface area contributed by atoms with E-state index in [9.17, 15) is 4.79 Å². The second-order valence-electron chi connectivity index (χ2n) is 5.10. The fourth-order valence-electron chi connectivity index (χ4n) is 2.50. The summed E-state index contributed by atoms with van der Waals surface area (Å²) in [6.07, 6.45) is 0. The average Bonchev–Trinajstić information content (AvgIpc) is 2.68. The first kappa shape index (κ1) is 13.5. The quantitative estimate of drug-likeness (QED) is 0.943. The average molecular weight is 291 g/mol. The van der Waals surface area contributed by atoms with E-state index in [0.717, 1.165) is 13.1 Å². The van der Waals surface area contributed by atoms with Crippen LogP contribution in [0.15, 0.2) is 30.3 Å². The highest BCUT2D eigenvalue weighted by Gasteiger charge is 2.24. The second kappa shape index (κ2) is 5.91. The van der Waals surface area contributed by atoms with Crippen molar-refractivity contribution in [2.75, 3.05) is 26.3 Å². The Bertz CT molecular complexity index is 577. The van der Waals surface area contributed by atoms with Gasteiger partial charge in [0.05, 0.1) is 19.1 Å². The standard InChI is InChI=1S/C15H17NO3S/c17-15(18)12-8-16(5-6-19-10-12)9-13-7-11-3-1-2-4-14(11)20-13/h1-4,7,12H,5-6,8-10H2,(H,17,18). The van der Waals surface area contributed by atoms with Crippen LogP contribution >= 0.6 is 11.3 Å². The Morgan fingerprint density at radius 1 is 1.45 bits per heavy atom. The first-order valence-electron chi connectivity index (χ1n) is 6.73. The first-order chi connectivity index (χ1) is 9.72. The molecule has 5 heteroatoms. The van der Waals surface area contributed by atoms with Gasteiger partial charge in [0.25, 0.3) is 0 Å². The smallest absolute Gasteiger partial charge is 0.310 e. The van der Waals surface area contributed by atoms with Gasteiger partial charge in [-0.05, 0) is 17.5 Å². The van der Waals surface area contributed by atoms with Crippen LogP contribution in [0.4, 0.5) is 0 Å². The molecule has 0 spiro atoms. The summed E-state index contributed by atoms with van der Waals surface area (Å²) in [5.74, 6) is -1.19. The third-order valence-corrected chi connectivity index (χ3v) is 4.66. The lowest BCUT2D eigenvalue weighted by atomic mass is 10.1. The van der Waals surface area contributed by atoms with Gasteiger partial charge in [-0.15, -0.1) is 11.3 Å². The molecule has 1 unspecified atom stereocenters. The fourth-order valence-corrected chi connectivity index (χ4v) is 3.61. The Hall–Kier alpha value is -1.43. The molecule has 0 amide bonds. The fraction of sp³-hybridized carbons (Fsp3) is 0.400.